The molecule has 0 spiro atoms. The molecule has 1 aromatic rings. The van der Waals surface area contributed by atoms with Crippen LogP contribution in [0.25, 0.3) is 0 Å². The number of carboxylic acids is 1. The van der Waals surface area contributed by atoms with Gasteiger partial charge in [-0.05, 0) is 32.3 Å². The Morgan fingerprint density at radius 1 is 1.47 bits per heavy atom. The molecule has 0 bridgehead atoms. The molecule has 3 atom stereocenters. The SMILES string of the molecule is CC(C(=O)NC1CCCC(C(=O)O)C1)n1cccn1. The molecule has 2 rings (SSSR count). The molecule has 1 saturated carbocycles. The molecule has 2 N–H and O–H groups in total. The number of nitrogens with one attached hydrogen (secondary N) is 1. The van der Waals surface area contributed by atoms with Gasteiger partial charge in [-0.1, -0.05) is 6.42 Å². The summed E-state index contributed by atoms with van der Waals surface area (Å²) in [4.78, 5) is 23.0. The first-order valence-corrected chi connectivity index (χ1v) is 6.60. The smallest absolute Gasteiger partial charge is 0.306 e. The van der Waals surface area contributed by atoms with E-state index >= 15 is 0 Å². The van der Waals surface area contributed by atoms with Gasteiger partial charge in [0.05, 0.1) is 5.92 Å². The summed E-state index contributed by atoms with van der Waals surface area (Å²) < 4.78 is 1.59. The molecule has 6 heteroatoms. The van der Waals surface area contributed by atoms with Gasteiger partial charge in [0.25, 0.3) is 0 Å². The maximum absolute atomic E-state index is 12.1. The van der Waals surface area contributed by atoms with Crippen LogP contribution < -0.4 is 5.32 Å². The molecule has 0 aliphatic heterocycles. The second-order valence-electron chi connectivity index (χ2n) is 5.07. The van der Waals surface area contributed by atoms with E-state index in [0.717, 1.165) is 12.8 Å². The first-order chi connectivity index (χ1) is 9.08. The molecule has 1 aliphatic rings. The summed E-state index contributed by atoms with van der Waals surface area (Å²) in [6, 6.07) is 1.35. The zero-order valence-electron chi connectivity index (χ0n) is 11.0. The number of carboxylic acid groups (broad SMARTS) is 1. The lowest BCUT2D eigenvalue weighted by atomic mass is 9.85. The van der Waals surface area contributed by atoms with Crippen molar-refractivity contribution >= 4 is 11.9 Å². The van der Waals surface area contributed by atoms with Crippen LogP contribution in [0.15, 0.2) is 18.5 Å². The van der Waals surface area contributed by atoms with Crippen molar-refractivity contribution < 1.29 is 14.7 Å². The molecule has 1 heterocycles. The highest BCUT2D eigenvalue weighted by Gasteiger charge is 2.28. The molecule has 1 aromatic heterocycles. The van der Waals surface area contributed by atoms with E-state index < -0.39 is 5.97 Å². The Bertz CT molecular complexity index is 444. The quantitative estimate of drug-likeness (QED) is 0.856. The minimum atomic E-state index is -0.765. The van der Waals surface area contributed by atoms with E-state index in [1.807, 2.05) is 0 Å². The number of aromatic nitrogens is 2. The lowest BCUT2D eigenvalue weighted by Gasteiger charge is -2.28. The number of amides is 1. The summed E-state index contributed by atoms with van der Waals surface area (Å²) in [6.45, 7) is 1.78. The molecular formula is C13H19N3O3. The lowest BCUT2D eigenvalue weighted by Crippen LogP contribution is -2.42. The minimum absolute atomic E-state index is 0.0413. The van der Waals surface area contributed by atoms with E-state index in [-0.39, 0.29) is 23.9 Å². The number of carbonyl (C=O) groups is 2. The third kappa shape index (κ3) is 3.33. The van der Waals surface area contributed by atoms with Gasteiger partial charge in [-0.25, -0.2) is 0 Å². The highest BCUT2D eigenvalue weighted by Crippen LogP contribution is 2.24. The number of aliphatic carboxylic acids is 1. The van der Waals surface area contributed by atoms with E-state index in [9.17, 15) is 9.59 Å². The molecule has 1 amide bonds. The first kappa shape index (κ1) is 13.6. The normalized spacial score (nSPS) is 24.7. The molecule has 1 aliphatic carbocycles. The van der Waals surface area contributed by atoms with Crippen LogP contribution in [0, 0.1) is 5.92 Å². The standard InChI is InChI=1S/C13H19N3O3/c1-9(16-7-3-6-14-16)12(17)15-11-5-2-4-10(8-11)13(18)19/h3,6-7,9-11H,2,4-5,8H2,1H3,(H,15,17)(H,18,19). The van der Waals surface area contributed by atoms with Crippen molar-refractivity contribution in [2.75, 3.05) is 0 Å². The fourth-order valence-corrected chi connectivity index (χ4v) is 2.50. The summed E-state index contributed by atoms with van der Waals surface area (Å²) in [6.07, 6.45) is 6.29. The summed E-state index contributed by atoms with van der Waals surface area (Å²) in [5.41, 5.74) is 0. The average Bonchev–Trinajstić information content (AvgIpc) is 2.92. The van der Waals surface area contributed by atoms with Crippen LogP contribution in [0.4, 0.5) is 0 Å². The summed E-state index contributed by atoms with van der Waals surface area (Å²) >= 11 is 0. The van der Waals surface area contributed by atoms with Crippen molar-refractivity contribution in [1.82, 2.24) is 15.1 Å². The number of hydrogen-bond acceptors (Lipinski definition) is 3. The summed E-state index contributed by atoms with van der Waals surface area (Å²) in [5.74, 6) is -1.21. The van der Waals surface area contributed by atoms with Gasteiger partial charge in [0.1, 0.15) is 6.04 Å². The molecule has 1 fully saturated rings. The molecule has 104 valence electrons. The Morgan fingerprint density at radius 2 is 2.26 bits per heavy atom. The Balaban J connectivity index is 1.90. The number of nitrogens with zero attached hydrogens (tertiary/aromatic N) is 2. The number of rotatable bonds is 4. The van der Waals surface area contributed by atoms with E-state index in [2.05, 4.69) is 10.4 Å². The third-order valence-electron chi connectivity index (χ3n) is 3.67. The van der Waals surface area contributed by atoms with Crippen LogP contribution >= 0.6 is 0 Å². The van der Waals surface area contributed by atoms with Gasteiger partial charge < -0.3 is 10.4 Å². The second kappa shape index (κ2) is 5.86. The zero-order valence-corrected chi connectivity index (χ0v) is 11.0. The van der Waals surface area contributed by atoms with Crippen LogP contribution in [0.1, 0.15) is 38.6 Å². The Labute approximate surface area is 111 Å². The monoisotopic (exact) mass is 265 g/mol. The maximum atomic E-state index is 12.1. The van der Waals surface area contributed by atoms with E-state index in [1.165, 1.54) is 0 Å². The highest BCUT2D eigenvalue weighted by molar-refractivity contribution is 5.80. The van der Waals surface area contributed by atoms with Crippen molar-refractivity contribution in [3.05, 3.63) is 18.5 Å². The average molecular weight is 265 g/mol. The molecule has 19 heavy (non-hydrogen) atoms. The first-order valence-electron chi connectivity index (χ1n) is 6.60. The van der Waals surface area contributed by atoms with E-state index in [0.29, 0.717) is 12.8 Å². The van der Waals surface area contributed by atoms with Crippen molar-refractivity contribution in [3.63, 3.8) is 0 Å². The van der Waals surface area contributed by atoms with Crippen LogP contribution in [0.3, 0.4) is 0 Å². The molecule has 0 radical (unpaired) electrons. The number of carbonyl (C=O) groups excluding carboxylic acids is 1. The van der Waals surface area contributed by atoms with Crippen molar-refractivity contribution in [3.8, 4) is 0 Å². The van der Waals surface area contributed by atoms with Crippen LogP contribution in [0.5, 0.6) is 0 Å². The summed E-state index contributed by atoms with van der Waals surface area (Å²) in [5, 5.41) is 16.0. The molecule has 3 unspecified atom stereocenters. The molecule has 0 aromatic carbocycles. The van der Waals surface area contributed by atoms with Crippen molar-refractivity contribution in [2.45, 2.75) is 44.7 Å². The zero-order chi connectivity index (χ0) is 13.8. The van der Waals surface area contributed by atoms with E-state index in [1.54, 1.807) is 30.1 Å². The molecule has 0 saturated heterocycles. The van der Waals surface area contributed by atoms with Crippen LogP contribution in [-0.2, 0) is 9.59 Å². The predicted molar refractivity (Wildman–Crippen MR) is 68.5 cm³/mol. The lowest BCUT2D eigenvalue weighted by molar-refractivity contribution is -0.143. The molecular weight excluding hydrogens is 246 g/mol. The second-order valence-corrected chi connectivity index (χ2v) is 5.07. The third-order valence-corrected chi connectivity index (χ3v) is 3.67. The Hall–Kier alpha value is -1.85. The van der Waals surface area contributed by atoms with Crippen LogP contribution in [0.2, 0.25) is 0 Å². The van der Waals surface area contributed by atoms with Crippen molar-refractivity contribution in [2.24, 2.45) is 5.92 Å². The highest BCUT2D eigenvalue weighted by atomic mass is 16.4. The topological polar surface area (TPSA) is 84.2 Å². The largest absolute Gasteiger partial charge is 0.481 e. The van der Waals surface area contributed by atoms with Crippen molar-refractivity contribution in [1.29, 1.82) is 0 Å². The molecule has 6 nitrogen and oxygen atoms in total. The fraction of sp³-hybridized carbons (Fsp3) is 0.615. The van der Waals surface area contributed by atoms with Gasteiger partial charge in [-0.3, -0.25) is 14.3 Å². The fourth-order valence-electron chi connectivity index (χ4n) is 2.50. The van der Waals surface area contributed by atoms with Gasteiger partial charge in [-0.2, -0.15) is 5.10 Å². The Kier molecular flexibility index (Phi) is 4.19. The number of hydrogen-bond donors (Lipinski definition) is 2. The minimum Gasteiger partial charge on any atom is -0.481 e. The van der Waals surface area contributed by atoms with E-state index in [4.69, 9.17) is 5.11 Å². The van der Waals surface area contributed by atoms with Gasteiger partial charge >= 0.3 is 5.97 Å². The van der Waals surface area contributed by atoms with Crippen LogP contribution in [-0.4, -0.2) is 32.8 Å². The van der Waals surface area contributed by atoms with Gasteiger partial charge in [0, 0.05) is 18.4 Å². The van der Waals surface area contributed by atoms with Gasteiger partial charge in [0.2, 0.25) is 5.91 Å². The van der Waals surface area contributed by atoms with Gasteiger partial charge in [0.15, 0.2) is 0 Å². The predicted octanol–water partition coefficient (Wildman–Crippen LogP) is 1.20. The summed E-state index contributed by atoms with van der Waals surface area (Å²) in [7, 11) is 0. The van der Waals surface area contributed by atoms with Gasteiger partial charge in [-0.15, -0.1) is 0 Å². The maximum Gasteiger partial charge on any atom is 0.306 e. The Morgan fingerprint density at radius 3 is 2.89 bits per heavy atom.